The molecule has 0 bridgehead atoms. The lowest BCUT2D eigenvalue weighted by Gasteiger charge is -2.48. The predicted octanol–water partition coefficient (Wildman–Crippen LogP) is 4.68. The molecule has 0 spiro atoms. The summed E-state index contributed by atoms with van der Waals surface area (Å²) in [6.07, 6.45) is 0. The molecule has 3 atom stereocenters. The summed E-state index contributed by atoms with van der Waals surface area (Å²) in [6, 6.07) is 27.5. The van der Waals surface area contributed by atoms with Crippen LogP contribution >= 0.6 is 33.9 Å². The molecule has 2 aliphatic rings. The van der Waals surface area contributed by atoms with Crippen molar-refractivity contribution < 1.29 is 37.3 Å². The highest BCUT2D eigenvalue weighted by Gasteiger charge is 2.57. The number of hydrogen-bond acceptors (Lipinski definition) is 9. The summed E-state index contributed by atoms with van der Waals surface area (Å²) in [7, 11) is -1.74. The van der Waals surface area contributed by atoms with E-state index in [-0.39, 0.29) is 21.6 Å². The van der Waals surface area contributed by atoms with Crippen molar-refractivity contribution >= 4 is 73.4 Å². The highest BCUT2D eigenvalue weighted by molar-refractivity contribution is 14.1. The van der Waals surface area contributed by atoms with Crippen LogP contribution in [0.25, 0.3) is 0 Å². The maximum Gasteiger partial charge on any atom is 0.407 e. The first-order valence-corrected chi connectivity index (χ1v) is 18.4. The van der Waals surface area contributed by atoms with Crippen LogP contribution < -0.4 is 10.6 Å². The summed E-state index contributed by atoms with van der Waals surface area (Å²) in [5, 5.41) is 19.6. The van der Waals surface area contributed by atoms with E-state index in [9.17, 15) is 32.5 Å². The van der Waals surface area contributed by atoms with Crippen molar-refractivity contribution in [2.45, 2.75) is 23.6 Å². The number of carbonyl (C=O) groups excluding carboxylic acids is 2. The number of β-lactam (4-membered cyclic amide) rings is 1. The number of aliphatic carboxylic acids is 1. The van der Waals surface area contributed by atoms with E-state index in [1.807, 2.05) is 114 Å². The van der Waals surface area contributed by atoms with Crippen LogP contribution in [-0.4, -0.2) is 70.9 Å². The molecule has 2 aliphatic heterocycles. The van der Waals surface area contributed by atoms with Gasteiger partial charge in [-0.15, -0.1) is 11.3 Å². The number of carboxylic acid groups (broad SMARTS) is 1. The van der Waals surface area contributed by atoms with Crippen LogP contribution in [0.15, 0.2) is 113 Å². The van der Waals surface area contributed by atoms with Gasteiger partial charge in [-0.2, -0.15) is 8.78 Å². The molecule has 4 aromatic rings. The third-order valence-corrected chi connectivity index (χ3v) is 11.3. The maximum atomic E-state index is 13.6. The Morgan fingerprint density at radius 2 is 1.59 bits per heavy atom. The number of hydrogen-bond donors (Lipinski definition) is 3. The zero-order valence-electron chi connectivity index (χ0n) is 25.2. The molecule has 2 unspecified atom stereocenters. The smallest absolute Gasteiger partial charge is 0.407 e. The number of oxime groups is 1. The van der Waals surface area contributed by atoms with Gasteiger partial charge in [-0.05, 0) is 22.3 Å². The summed E-state index contributed by atoms with van der Waals surface area (Å²) >= 11 is 3.00. The summed E-state index contributed by atoms with van der Waals surface area (Å²) in [6.45, 7) is -3.37. The van der Waals surface area contributed by atoms with Crippen molar-refractivity contribution in [3.63, 3.8) is 0 Å². The zero-order chi connectivity index (χ0) is 34.7. The number of anilines is 1. The van der Waals surface area contributed by atoms with Crippen LogP contribution in [-0.2, 0) is 35.6 Å². The highest BCUT2D eigenvalue weighted by Crippen LogP contribution is 2.41. The quantitative estimate of drug-likeness (QED) is 0.0467. The lowest BCUT2D eigenvalue weighted by atomic mass is 9.77. The molecule has 0 radical (unpaired) electrons. The standard InChI is InChI=1S/C33H26F2IN5O6S2/c34-31(35)47-40-24(27(42)38-25-28(43)41-26(30(44)45)19(16-36)18-49(46)29(25)41)23-17-48-32(37-23)39-33(20-10-4-1-5-11-20,21-12-6-2-7-13-21)22-14-8-3-9-15-22/h1-15,17,25,29,31H,16,18H2,(H,37,39)(H,38,42)(H,44,45)/t25?,29-,49?/m0/s1. The van der Waals surface area contributed by atoms with Crippen molar-refractivity contribution in [2.75, 3.05) is 15.5 Å². The number of halogens is 3. The monoisotopic (exact) mass is 817 g/mol. The molecule has 1 aromatic heterocycles. The normalized spacial score (nSPS) is 19.3. The van der Waals surface area contributed by atoms with Gasteiger partial charge in [0.1, 0.15) is 28.3 Å². The van der Waals surface area contributed by atoms with Crippen LogP contribution in [0.5, 0.6) is 0 Å². The first-order valence-electron chi connectivity index (χ1n) is 14.6. The number of carbonyl (C=O) groups is 3. The molecular formula is C33H26F2IN5O6S2. The van der Waals surface area contributed by atoms with Gasteiger partial charge in [-0.3, -0.25) is 18.7 Å². The number of rotatable bonds is 12. The van der Waals surface area contributed by atoms with E-state index >= 15 is 0 Å². The Balaban J connectivity index is 1.34. The van der Waals surface area contributed by atoms with E-state index in [1.165, 1.54) is 5.38 Å². The van der Waals surface area contributed by atoms with E-state index in [4.69, 9.17) is 0 Å². The van der Waals surface area contributed by atoms with E-state index in [1.54, 1.807) is 0 Å². The second-order valence-electron chi connectivity index (χ2n) is 10.8. The molecule has 49 heavy (non-hydrogen) atoms. The van der Waals surface area contributed by atoms with Crippen molar-refractivity contribution in [1.29, 1.82) is 0 Å². The van der Waals surface area contributed by atoms with Crippen molar-refractivity contribution in [1.82, 2.24) is 15.2 Å². The third kappa shape index (κ3) is 6.59. The molecular weight excluding hydrogens is 791 g/mol. The molecule has 3 heterocycles. The van der Waals surface area contributed by atoms with Crippen molar-refractivity contribution in [2.24, 2.45) is 5.16 Å². The number of nitrogens with zero attached hydrogens (tertiary/aromatic N) is 3. The molecule has 6 rings (SSSR count). The molecule has 0 saturated carbocycles. The van der Waals surface area contributed by atoms with Crippen LogP contribution in [0.3, 0.4) is 0 Å². The molecule has 252 valence electrons. The molecule has 3 aromatic carbocycles. The van der Waals surface area contributed by atoms with Gasteiger partial charge in [-0.25, -0.2) is 9.78 Å². The molecule has 0 aliphatic carbocycles. The van der Waals surface area contributed by atoms with Crippen molar-refractivity contribution in [3.8, 4) is 0 Å². The highest BCUT2D eigenvalue weighted by atomic mass is 127. The van der Waals surface area contributed by atoms with Crippen LogP contribution in [0.4, 0.5) is 13.9 Å². The first kappa shape index (κ1) is 34.3. The average Bonchev–Trinajstić information content (AvgIpc) is 3.57. The number of alkyl halides is 3. The van der Waals surface area contributed by atoms with E-state index in [0.29, 0.717) is 10.7 Å². The number of fused-ring (bicyclic) bond motifs is 1. The summed E-state index contributed by atoms with van der Waals surface area (Å²) in [4.78, 5) is 48.2. The van der Waals surface area contributed by atoms with Gasteiger partial charge in [0.05, 0.1) is 16.6 Å². The minimum Gasteiger partial charge on any atom is -0.477 e. The Labute approximate surface area is 298 Å². The van der Waals surface area contributed by atoms with Gasteiger partial charge in [0.2, 0.25) is 0 Å². The van der Waals surface area contributed by atoms with Gasteiger partial charge in [0.15, 0.2) is 10.8 Å². The van der Waals surface area contributed by atoms with E-state index in [2.05, 4.69) is 25.6 Å². The van der Waals surface area contributed by atoms with Gasteiger partial charge < -0.3 is 20.6 Å². The minimum atomic E-state index is -3.37. The number of carboxylic acids is 1. The van der Waals surface area contributed by atoms with Gasteiger partial charge >= 0.3 is 12.6 Å². The topological polar surface area (TPSA) is 150 Å². The fraction of sp³-hybridized carbons (Fsp3) is 0.182. The van der Waals surface area contributed by atoms with Crippen LogP contribution in [0.1, 0.15) is 22.4 Å². The molecule has 3 N–H and O–H groups in total. The number of thiazole rings is 1. The molecule has 11 nitrogen and oxygen atoms in total. The zero-order valence-corrected chi connectivity index (χ0v) is 29.0. The van der Waals surface area contributed by atoms with Gasteiger partial charge in [0, 0.05) is 9.81 Å². The maximum absolute atomic E-state index is 13.6. The number of amides is 2. The summed E-state index contributed by atoms with van der Waals surface area (Å²) < 4.78 is 39.6. The lowest BCUT2D eigenvalue weighted by molar-refractivity contribution is -0.150. The van der Waals surface area contributed by atoms with Gasteiger partial charge in [0.25, 0.3) is 11.8 Å². The van der Waals surface area contributed by atoms with Gasteiger partial charge in [-0.1, -0.05) is 119 Å². The summed E-state index contributed by atoms with van der Waals surface area (Å²) in [5.74, 6) is -3.37. The first-order chi connectivity index (χ1) is 23.6. The second kappa shape index (κ2) is 14.5. The third-order valence-electron chi connectivity index (χ3n) is 7.96. The Morgan fingerprint density at radius 1 is 1.04 bits per heavy atom. The fourth-order valence-electron chi connectivity index (χ4n) is 5.84. The Hall–Kier alpha value is -4.55. The number of nitrogens with one attached hydrogen (secondary N) is 2. The largest absolute Gasteiger partial charge is 0.477 e. The van der Waals surface area contributed by atoms with Crippen LogP contribution in [0, 0.1) is 0 Å². The molecule has 2 amide bonds. The predicted molar refractivity (Wildman–Crippen MR) is 188 cm³/mol. The van der Waals surface area contributed by atoms with Crippen LogP contribution in [0.2, 0.25) is 0 Å². The van der Waals surface area contributed by atoms with Crippen molar-refractivity contribution in [3.05, 3.63) is 130 Å². The minimum absolute atomic E-state index is 0.103. The molecule has 1 saturated heterocycles. The molecule has 1 fully saturated rings. The Bertz CT molecular complexity index is 1870. The second-order valence-corrected chi connectivity index (χ2v) is 13.9. The lowest BCUT2D eigenvalue weighted by Crippen LogP contribution is -2.74. The molecule has 16 heteroatoms. The van der Waals surface area contributed by atoms with E-state index in [0.717, 1.165) is 32.9 Å². The number of aromatic nitrogens is 1. The summed E-state index contributed by atoms with van der Waals surface area (Å²) in [5.41, 5.74) is 0.857. The fourth-order valence-corrected chi connectivity index (χ4v) is 9.28. The SMILES string of the molecule is O=C(O)C1=C(CI)CS(=O)[C@H]2C(NC(=O)C(=NOC(F)F)c3csc(NC(c4ccccc4)(c4ccccc4)c4ccccc4)n3)C(=O)N12. The Kier molecular flexibility index (Phi) is 10.2. The average molecular weight is 818 g/mol. The number of benzene rings is 3. The Morgan fingerprint density at radius 3 is 2.08 bits per heavy atom. The van der Waals surface area contributed by atoms with E-state index < -0.39 is 57.9 Å².